The zero-order chi connectivity index (χ0) is 18.7. The third-order valence-electron chi connectivity index (χ3n) is 4.93. The molecule has 1 aliphatic carbocycles. The number of nitrogens with zero attached hydrogens (tertiary/aromatic N) is 2. The van der Waals surface area contributed by atoms with Gasteiger partial charge in [-0.3, -0.25) is 9.59 Å². The number of carboxylic acid groups (broad SMARTS) is 1. The second-order valence-corrected chi connectivity index (χ2v) is 7.87. The van der Waals surface area contributed by atoms with Crippen LogP contribution in [0.4, 0.5) is 4.79 Å². The Bertz CT molecular complexity index is 741. The molecule has 9 heteroatoms. The Kier molecular flexibility index (Phi) is 5.58. The van der Waals surface area contributed by atoms with Gasteiger partial charge in [-0.1, -0.05) is 12.5 Å². The minimum atomic E-state index is -1.13. The van der Waals surface area contributed by atoms with Crippen molar-refractivity contribution in [3.63, 3.8) is 0 Å². The van der Waals surface area contributed by atoms with Gasteiger partial charge in [0.1, 0.15) is 5.92 Å². The molecule has 4 atom stereocenters. The summed E-state index contributed by atoms with van der Waals surface area (Å²) in [6, 6.07) is 0.0617. The molecule has 0 radical (unpaired) electrons. The molecular weight excluding hydrogens is 356 g/mol. The number of urea groups is 1. The van der Waals surface area contributed by atoms with Crippen LogP contribution < -0.4 is 10.6 Å². The van der Waals surface area contributed by atoms with Crippen LogP contribution in [0.25, 0.3) is 5.53 Å². The molecule has 2 fully saturated rings. The Morgan fingerprint density at radius 2 is 2.19 bits per heavy atom. The van der Waals surface area contributed by atoms with Gasteiger partial charge >= 0.3 is 12.0 Å². The number of aliphatic carboxylic acids is 1. The average Bonchev–Trinajstić information content (AvgIpc) is 3.17. The highest BCUT2D eigenvalue weighted by atomic mass is 32.2. The Morgan fingerprint density at radius 1 is 1.38 bits per heavy atom. The van der Waals surface area contributed by atoms with E-state index in [9.17, 15) is 19.5 Å². The lowest BCUT2D eigenvalue weighted by Gasteiger charge is -2.18. The highest BCUT2D eigenvalue weighted by Gasteiger charge is 2.42. The number of amides is 2. The quantitative estimate of drug-likeness (QED) is 0.265. The van der Waals surface area contributed by atoms with Gasteiger partial charge in [0, 0.05) is 22.7 Å². The molecule has 26 heavy (non-hydrogen) atoms. The molecule has 0 aromatic heterocycles. The van der Waals surface area contributed by atoms with Crippen LogP contribution in [-0.4, -0.2) is 56.5 Å². The van der Waals surface area contributed by atoms with Gasteiger partial charge in [0.25, 0.3) is 5.71 Å². The molecule has 0 aromatic rings. The zero-order valence-electron chi connectivity index (χ0n) is 14.1. The fraction of sp³-hybridized carbons (Fsp3) is 0.529. The van der Waals surface area contributed by atoms with E-state index < -0.39 is 17.7 Å². The van der Waals surface area contributed by atoms with E-state index in [1.807, 2.05) is 0 Å². The number of Topliss-reactive ketones (excluding diaryl/α,β-unsaturated/α-hetero) is 1. The van der Waals surface area contributed by atoms with Crippen molar-refractivity contribution in [2.45, 2.75) is 43.0 Å². The minimum absolute atomic E-state index is 0.0756. The van der Waals surface area contributed by atoms with Crippen molar-refractivity contribution in [2.24, 2.45) is 5.92 Å². The highest BCUT2D eigenvalue weighted by molar-refractivity contribution is 8.00. The first-order valence-corrected chi connectivity index (χ1v) is 9.59. The smallest absolute Gasteiger partial charge is 0.315 e. The maximum atomic E-state index is 12.5. The summed E-state index contributed by atoms with van der Waals surface area (Å²) in [5, 5.41) is 15.5. The maximum Gasteiger partial charge on any atom is 0.315 e. The molecular formula is C17H20N4O4S. The minimum Gasteiger partial charge on any atom is -0.481 e. The Balaban J connectivity index is 1.54. The topological polar surface area (TPSA) is 132 Å². The van der Waals surface area contributed by atoms with Crippen molar-refractivity contribution < 1.29 is 24.3 Å². The van der Waals surface area contributed by atoms with Gasteiger partial charge in [0.05, 0.1) is 18.5 Å². The second-order valence-electron chi connectivity index (χ2n) is 6.60. The first-order valence-electron chi connectivity index (χ1n) is 8.54. The molecule has 0 saturated carbocycles. The summed E-state index contributed by atoms with van der Waals surface area (Å²) >= 11 is 1.77. The largest absolute Gasteiger partial charge is 0.481 e. The molecule has 2 heterocycles. The van der Waals surface area contributed by atoms with Gasteiger partial charge < -0.3 is 21.3 Å². The van der Waals surface area contributed by atoms with Crippen molar-refractivity contribution in [2.75, 3.05) is 5.75 Å². The van der Waals surface area contributed by atoms with Crippen LogP contribution in [0.2, 0.25) is 0 Å². The number of fused-ring (bicyclic) bond motifs is 1. The fourth-order valence-corrected chi connectivity index (χ4v) is 5.07. The molecule has 3 rings (SSSR count). The summed E-state index contributed by atoms with van der Waals surface area (Å²) in [5.74, 6) is -1.78. The summed E-state index contributed by atoms with van der Waals surface area (Å²) in [6.07, 6.45) is 6.50. The summed E-state index contributed by atoms with van der Waals surface area (Å²) in [7, 11) is 0. The van der Waals surface area contributed by atoms with Crippen molar-refractivity contribution in [3.8, 4) is 0 Å². The second kappa shape index (κ2) is 7.88. The molecule has 2 amide bonds. The van der Waals surface area contributed by atoms with E-state index in [1.54, 1.807) is 17.8 Å². The van der Waals surface area contributed by atoms with Gasteiger partial charge in [0.2, 0.25) is 0 Å². The number of carboxylic acids is 1. The highest BCUT2D eigenvalue weighted by Crippen LogP contribution is 2.33. The number of thioether (sulfide) groups is 1. The average molecular weight is 376 g/mol. The summed E-state index contributed by atoms with van der Waals surface area (Å²) in [6.45, 7) is 0. The number of allylic oxidation sites excluding steroid dienone is 4. The molecule has 0 aromatic carbocycles. The van der Waals surface area contributed by atoms with E-state index in [0.717, 1.165) is 12.2 Å². The van der Waals surface area contributed by atoms with E-state index in [1.165, 1.54) is 12.2 Å². The standard InChI is InChI=1S/C17H20N4O4S/c18-21-10-6-4-9(5-7-10)15(22)11(16(23)24)2-1-3-13-14-12(8-26-13)19-17(25)20-14/h4-6,11-14H,1-3,7-8H2,(H,23,24)(H2,19,20,25)/t11?,12-,13-,14-/m0/s1. The van der Waals surface area contributed by atoms with Crippen LogP contribution in [0.1, 0.15) is 25.7 Å². The molecule has 1 unspecified atom stereocenters. The number of carbonyl (C=O) groups excluding carboxylic acids is 2. The van der Waals surface area contributed by atoms with Gasteiger partial charge in [-0.05, 0) is 18.9 Å². The predicted molar refractivity (Wildman–Crippen MR) is 95.9 cm³/mol. The van der Waals surface area contributed by atoms with Gasteiger partial charge in [0.15, 0.2) is 5.78 Å². The summed E-state index contributed by atoms with van der Waals surface area (Å²) in [4.78, 5) is 38.5. The molecule has 2 aliphatic heterocycles. The number of rotatable bonds is 7. The first kappa shape index (κ1) is 18.4. The lowest BCUT2D eigenvalue weighted by molar-refractivity contribution is -0.145. The van der Waals surface area contributed by atoms with E-state index >= 15 is 0 Å². The lowest BCUT2D eigenvalue weighted by Crippen LogP contribution is -2.37. The predicted octanol–water partition coefficient (Wildman–Crippen LogP) is 1.15. The van der Waals surface area contributed by atoms with Crippen LogP contribution in [-0.2, 0) is 9.59 Å². The number of hydrogen-bond donors (Lipinski definition) is 3. The monoisotopic (exact) mass is 376 g/mol. The fourth-order valence-electron chi connectivity index (χ4n) is 3.53. The Morgan fingerprint density at radius 3 is 2.85 bits per heavy atom. The van der Waals surface area contributed by atoms with Crippen LogP contribution in [0.5, 0.6) is 0 Å². The van der Waals surface area contributed by atoms with Crippen LogP contribution in [0, 0.1) is 5.92 Å². The van der Waals surface area contributed by atoms with E-state index in [-0.39, 0.29) is 29.8 Å². The Labute approximate surface area is 154 Å². The maximum absolute atomic E-state index is 12.5. The molecule has 0 spiro atoms. The lowest BCUT2D eigenvalue weighted by atomic mass is 9.89. The van der Waals surface area contributed by atoms with E-state index in [4.69, 9.17) is 5.53 Å². The van der Waals surface area contributed by atoms with Crippen LogP contribution in [0.15, 0.2) is 23.8 Å². The van der Waals surface area contributed by atoms with Gasteiger partial charge in [-0.25, -0.2) is 4.79 Å². The number of hydrogen-bond acceptors (Lipinski definition) is 4. The Hall–Kier alpha value is -2.38. The van der Waals surface area contributed by atoms with Gasteiger partial charge in [-0.2, -0.15) is 16.6 Å². The summed E-state index contributed by atoms with van der Waals surface area (Å²) in [5.41, 5.74) is 9.47. The third-order valence-corrected chi connectivity index (χ3v) is 6.44. The first-order chi connectivity index (χ1) is 12.5. The SMILES string of the molecule is [N-]=[N+]=C1C=CC(C(=O)C(CCC[C@@H]2SC[C@@H]3NC(=O)N[C@@H]32)C(=O)O)=CC1. The molecule has 3 N–H and O–H groups in total. The van der Waals surface area contributed by atoms with Crippen molar-refractivity contribution in [1.82, 2.24) is 10.6 Å². The van der Waals surface area contributed by atoms with E-state index in [2.05, 4.69) is 15.4 Å². The number of ketones is 1. The van der Waals surface area contributed by atoms with Crippen molar-refractivity contribution in [1.29, 1.82) is 0 Å². The van der Waals surface area contributed by atoms with Crippen molar-refractivity contribution in [3.05, 3.63) is 29.3 Å². The molecule has 3 aliphatic rings. The normalized spacial score (nSPS) is 27.8. The van der Waals surface area contributed by atoms with Gasteiger partial charge in [-0.15, -0.1) is 0 Å². The van der Waals surface area contributed by atoms with Crippen molar-refractivity contribution >= 4 is 35.3 Å². The summed E-state index contributed by atoms with van der Waals surface area (Å²) < 4.78 is 0. The molecule has 0 bridgehead atoms. The number of carbonyl (C=O) groups is 3. The van der Waals surface area contributed by atoms with Crippen LogP contribution in [0.3, 0.4) is 0 Å². The zero-order valence-corrected chi connectivity index (χ0v) is 14.9. The van der Waals surface area contributed by atoms with E-state index in [0.29, 0.717) is 24.1 Å². The molecule has 8 nitrogen and oxygen atoms in total. The molecule has 138 valence electrons. The third kappa shape index (κ3) is 3.89. The van der Waals surface area contributed by atoms with Crippen LogP contribution >= 0.6 is 11.8 Å². The number of nitrogens with one attached hydrogen (secondary N) is 2. The molecule has 2 saturated heterocycles.